The minimum atomic E-state index is -0.189. The van der Waals surface area contributed by atoms with Crippen molar-refractivity contribution in [2.75, 3.05) is 9.80 Å². The normalized spacial score (nSPS) is 12.9. The molecule has 0 atom stereocenters. The standard InChI is InChI=1S/C94H71BN4/c1-93(2,3)66-43-52-84-78(55-66)79-56-67(94(4,5)6)44-53-85(79)98(84)70-49-51-81-87(57-70)97(69-47-40-63(41-48-69)61-26-12-8-13-27-61)89-59-71(99-82-36-22-20-30-72(82)73-31-21-23-37-83(73)99)58-88-92(89)95(81)80-50-42-65(54-86(80)96(88)68-45-38-62(39-46-68)60-24-10-7-11-25-60)91-76-34-18-16-32-74(76)90(64-28-14-9-15-29-64)75-33-17-19-35-77(75)91/h7-59H,1-6H3. The SMILES string of the molecule is CC(C)(C)c1ccc2c(c1)c1cc(C(C)(C)C)ccc1n2-c1ccc2c(c1)N(c1ccc(-c3ccccc3)cc1)c1cc(-n3c4ccccc4c4ccccc43)cc3c1B2c1ccc(-c2c4ccccc4c(-c4ccccc4)c4ccccc24)cc1N3c1ccc(-c2ccccc2)cc1. The maximum absolute atomic E-state index is 2.61. The lowest BCUT2D eigenvalue weighted by molar-refractivity contribution is 0.590. The largest absolute Gasteiger partial charge is 0.311 e. The number of rotatable bonds is 8. The molecule has 19 rings (SSSR count). The molecule has 2 aliphatic rings. The number of hydrogen-bond donors (Lipinski definition) is 0. The van der Waals surface area contributed by atoms with Gasteiger partial charge in [0.2, 0.25) is 0 Å². The van der Waals surface area contributed by atoms with E-state index in [0.717, 1.165) is 62.1 Å². The molecule has 0 N–H and O–H groups in total. The topological polar surface area (TPSA) is 16.3 Å². The van der Waals surface area contributed by atoms with Crippen LogP contribution in [0.15, 0.2) is 322 Å². The van der Waals surface area contributed by atoms with Crippen molar-refractivity contribution in [3.63, 3.8) is 0 Å². The van der Waals surface area contributed by atoms with Crippen LogP contribution in [0.25, 0.3) is 121 Å². The van der Waals surface area contributed by atoms with Gasteiger partial charge in [-0.1, -0.05) is 272 Å². The number of nitrogens with zero attached hydrogens (tertiary/aromatic N) is 4. The molecule has 5 heteroatoms. The third kappa shape index (κ3) is 9.28. The van der Waals surface area contributed by atoms with E-state index in [1.54, 1.807) is 0 Å². The molecule has 4 nitrogen and oxygen atoms in total. The van der Waals surface area contributed by atoms with Crippen LogP contribution in [-0.4, -0.2) is 15.8 Å². The van der Waals surface area contributed by atoms with Crippen LogP contribution >= 0.6 is 0 Å². The minimum absolute atomic E-state index is 0.0379. The predicted molar refractivity (Wildman–Crippen MR) is 423 cm³/mol. The van der Waals surface area contributed by atoms with Gasteiger partial charge < -0.3 is 18.9 Å². The van der Waals surface area contributed by atoms with E-state index in [0.29, 0.717) is 0 Å². The number of anilines is 6. The van der Waals surface area contributed by atoms with Crippen LogP contribution in [0, 0.1) is 0 Å². The summed E-state index contributed by atoms with van der Waals surface area (Å²) in [5.74, 6) is 0. The smallest absolute Gasteiger partial charge is 0.252 e. The van der Waals surface area contributed by atoms with Gasteiger partial charge in [0, 0.05) is 61.4 Å². The zero-order valence-corrected chi connectivity index (χ0v) is 56.5. The molecule has 0 aliphatic carbocycles. The molecule has 0 fully saturated rings. The molecule has 2 aliphatic heterocycles. The van der Waals surface area contributed by atoms with Crippen molar-refractivity contribution in [2.45, 2.75) is 52.4 Å². The van der Waals surface area contributed by atoms with E-state index in [9.17, 15) is 0 Å². The van der Waals surface area contributed by atoms with Crippen LogP contribution in [-0.2, 0) is 10.8 Å². The van der Waals surface area contributed by atoms with Crippen LogP contribution in [0.5, 0.6) is 0 Å². The van der Waals surface area contributed by atoms with Gasteiger partial charge in [0.05, 0.1) is 27.8 Å². The van der Waals surface area contributed by atoms with Crippen LogP contribution in [0.4, 0.5) is 34.1 Å². The van der Waals surface area contributed by atoms with Crippen molar-refractivity contribution in [3.8, 4) is 55.9 Å². The van der Waals surface area contributed by atoms with Gasteiger partial charge >= 0.3 is 0 Å². The third-order valence-corrected chi connectivity index (χ3v) is 21.4. The van der Waals surface area contributed by atoms with Crippen molar-refractivity contribution in [1.29, 1.82) is 0 Å². The van der Waals surface area contributed by atoms with Gasteiger partial charge in [-0.2, -0.15) is 0 Å². The molecule has 15 aromatic carbocycles. The van der Waals surface area contributed by atoms with Crippen LogP contribution < -0.4 is 26.2 Å². The second kappa shape index (κ2) is 22.3. The minimum Gasteiger partial charge on any atom is -0.311 e. The fourth-order valence-corrected chi connectivity index (χ4v) is 16.6. The van der Waals surface area contributed by atoms with E-state index in [-0.39, 0.29) is 17.5 Å². The van der Waals surface area contributed by atoms with E-state index in [2.05, 4.69) is 382 Å². The summed E-state index contributed by atoms with van der Waals surface area (Å²) in [6.07, 6.45) is 0. The number of hydrogen-bond acceptors (Lipinski definition) is 2. The first-order valence-corrected chi connectivity index (χ1v) is 34.8. The zero-order valence-electron chi connectivity index (χ0n) is 56.5. The first-order chi connectivity index (χ1) is 48.4. The summed E-state index contributed by atoms with van der Waals surface area (Å²) in [5.41, 5.74) is 29.5. The van der Waals surface area contributed by atoms with Gasteiger partial charge in [-0.25, -0.2) is 0 Å². The van der Waals surface area contributed by atoms with E-state index in [1.165, 1.54) is 121 Å². The highest BCUT2D eigenvalue weighted by atomic mass is 15.2. The Balaban J connectivity index is 0.931. The molecule has 0 spiro atoms. The fraction of sp³-hybridized carbons (Fsp3) is 0.0851. The van der Waals surface area contributed by atoms with Crippen molar-refractivity contribution < 1.29 is 0 Å². The first kappa shape index (κ1) is 58.4. The highest BCUT2D eigenvalue weighted by Crippen LogP contribution is 2.51. The molecule has 4 heterocycles. The average molecular weight is 1270 g/mol. The summed E-state index contributed by atoms with van der Waals surface area (Å²) in [5, 5.41) is 9.88. The molecule has 0 unspecified atom stereocenters. The molecule has 99 heavy (non-hydrogen) atoms. The van der Waals surface area contributed by atoms with E-state index < -0.39 is 0 Å². The second-order valence-corrected chi connectivity index (χ2v) is 29.2. The van der Waals surface area contributed by atoms with E-state index in [4.69, 9.17) is 0 Å². The Morgan fingerprint density at radius 2 is 0.566 bits per heavy atom. The lowest BCUT2D eigenvalue weighted by atomic mass is 9.33. The number of benzene rings is 15. The average Bonchev–Trinajstić information content (AvgIpc) is 1.72. The number of aromatic nitrogens is 2. The van der Waals surface area contributed by atoms with Crippen molar-refractivity contribution >= 4 is 122 Å². The zero-order chi connectivity index (χ0) is 66.4. The summed E-state index contributed by atoms with van der Waals surface area (Å²) in [7, 11) is 0. The predicted octanol–water partition coefficient (Wildman–Crippen LogP) is 23.5. The highest BCUT2D eigenvalue weighted by molar-refractivity contribution is 7.00. The number of fused-ring (bicyclic) bond motifs is 12. The van der Waals surface area contributed by atoms with E-state index in [1.807, 2.05) is 0 Å². The quantitative estimate of drug-likeness (QED) is 0.111. The molecule has 0 saturated heterocycles. The van der Waals surface area contributed by atoms with Gasteiger partial charge in [-0.3, -0.25) is 0 Å². The Bertz CT molecular complexity index is 5930. The lowest BCUT2D eigenvalue weighted by Crippen LogP contribution is -2.61. The molecule has 2 aromatic heterocycles. The first-order valence-electron chi connectivity index (χ1n) is 34.8. The molecular formula is C94H71BN4. The van der Waals surface area contributed by atoms with Crippen molar-refractivity contribution in [2.24, 2.45) is 0 Å². The van der Waals surface area contributed by atoms with E-state index >= 15 is 0 Å². The summed E-state index contributed by atoms with van der Waals surface area (Å²) in [6.45, 7) is 13.8. The van der Waals surface area contributed by atoms with Crippen molar-refractivity contribution in [1.82, 2.24) is 9.13 Å². The summed E-state index contributed by atoms with van der Waals surface area (Å²) in [6, 6.07) is 121. The molecule has 470 valence electrons. The van der Waals surface area contributed by atoms with Crippen LogP contribution in [0.3, 0.4) is 0 Å². The maximum Gasteiger partial charge on any atom is 0.252 e. The Morgan fingerprint density at radius 3 is 1.02 bits per heavy atom. The Morgan fingerprint density at radius 1 is 0.232 bits per heavy atom. The van der Waals surface area contributed by atoms with Crippen LogP contribution in [0.1, 0.15) is 52.7 Å². The Hall–Kier alpha value is -11.9. The third-order valence-electron chi connectivity index (χ3n) is 21.4. The Kier molecular flexibility index (Phi) is 13.2. The maximum atomic E-state index is 2.61. The van der Waals surface area contributed by atoms with Gasteiger partial charge in [0.1, 0.15) is 0 Å². The Labute approximate surface area is 578 Å². The van der Waals surface area contributed by atoms with Gasteiger partial charge in [-0.05, 0) is 195 Å². The van der Waals surface area contributed by atoms with Crippen LogP contribution in [0.2, 0.25) is 0 Å². The van der Waals surface area contributed by atoms with Gasteiger partial charge in [-0.15, -0.1) is 0 Å². The summed E-state index contributed by atoms with van der Waals surface area (Å²) in [4.78, 5) is 5.21. The highest BCUT2D eigenvalue weighted by Gasteiger charge is 2.45. The molecule has 17 aromatic rings. The molecular weight excluding hydrogens is 1200 g/mol. The second-order valence-electron chi connectivity index (χ2n) is 29.2. The monoisotopic (exact) mass is 1270 g/mol. The summed E-state index contributed by atoms with van der Waals surface area (Å²) < 4.78 is 5.06. The van der Waals surface area contributed by atoms with Gasteiger partial charge in [0.25, 0.3) is 6.71 Å². The number of para-hydroxylation sites is 2. The summed E-state index contributed by atoms with van der Waals surface area (Å²) >= 11 is 0. The van der Waals surface area contributed by atoms with Crippen molar-refractivity contribution in [3.05, 3.63) is 333 Å². The fourth-order valence-electron chi connectivity index (χ4n) is 16.6. The van der Waals surface area contributed by atoms with Gasteiger partial charge in [0.15, 0.2) is 0 Å². The lowest BCUT2D eigenvalue weighted by Gasteiger charge is -2.44. The molecule has 0 radical (unpaired) electrons. The molecule has 0 amide bonds. The molecule has 0 bridgehead atoms. The molecule has 0 saturated carbocycles.